The van der Waals surface area contributed by atoms with Crippen LogP contribution in [-0.4, -0.2) is 43.8 Å². The number of aromatic nitrogens is 4. The molecule has 0 unspecified atom stereocenters. The fourth-order valence-electron chi connectivity index (χ4n) is 3.50. The van der Waals surface area contributed by atoms with E-state index in [1.807, 2.05) is 12.1 Å². The maximum absolute atomic E-state index is 13.2. The number of rotatable bonds is 4. The molecule has 5 rings (SSSR count). The molecule has 0 bridgehead atoms. The van der Waals surface area contributed by atoms with Crippen LogP contribution in [0, 0.1) is 0 Å². The lowest BCUT2D eigenvalue weighted by molar-refractivity contribution is -0.131. The van der Waals surface area contributed by atoms with E-state index in [0.29, 0.717) is 22.7 Å². The van der Waals surface area contributed by atoms with Crippen molar-refractivity contribution in [2.45, 2.75) is 19.0 Å². The zero-order valence-electron chi connectivity index (χ0n) is 15.4. The maximum atomic E-state index is 13.2. The highest BCUT2D eigenvalue weighted by molar-refractivity contribution is 6.07. The Labute approximate surface area is 165 Å². The van der Waals surface area contributed by atoms with E-state index in [-0.39, 0.29) is 19.2 Å². The highest BCUT2D eigenvalue weighted by atomic mass is 16.7. The summed E-state index contributed by atoms with van der Waals surface area (Å²) in [5.41, 5.74) is 0.892. The van der Waals surface area contributed by atoms with Crippen molar-refractivity contribution in [3.8, 4) is 17.2 Å². The van der Waals surface area contributed by atoms with Crippen LogP contribution >= 0.6 is 0 Å². The molecule has 10 nitrogen and oxygen atoms in total. The number of carbonyl (C=O) groups is 2. The summed E-state index contributed by atoms with van der Waals surface area (Å²) in [4.78, 5) is 27.0. The van der Waals surface area contributed by atoms with Crippen molar-refractivity contribution in [1.82, 2.24) is 30.4 Å². The van der Waals surface area contributed by atoms with E-state index >= 15 is 0 Å². The fraction of sp³-hybridized carbons (Fsp3) is 0.211. The second kappa shape index (κ2) is 6.30. The van der Waals surface area contributed by atoms with Gasteiger partial charge in [0.15, 0.2) is 11.5 Å². The minimum atomic E-state index is -1.20. The van der Waals surface area contributed by atoms with Gasteiger partial charge in [0.1, 0.15) is 11.9 Å². The van der Waals surface area contributed by atoms with Gasteiger partial charge in [-0.1, -0.05) is 18.2 Å². The van der Waals surface area contributed by atoms with Gasteiger partial charge in [-0.2, -0.15) is 0 Å². The second-order valence-corrected chi connectivity index (χ2v) is 6.94. The van der Waals surface area contributed by atoms with Crippen molar-refractivity contribution < 1.29 is 19.1 Å². The Morgan fingerprint density at radius 2 is 2.00 bits per heavy atom. The number of carbonyl (C=O) groups excluding carboxylic acids is 2. The van der Waals surface area contributed by atoms with Crippen molar-refractivity contribution >= 4 is 11.9 Å². The summed E-state index contributed by atoms with van der Waals surface area (Å²) >= 11 is 0. The number of hydrogen-bond acceptors (Lipinski definition) is 7. The molecule has 0 saturated carbocycles. The molecule has 146 valence electrons. The van der Waals surface area contributed by atoms with Crippen LogP contribution in [0.2, 0.25) is 0 Å². The SMILES string of the molecule is C[C@]1(c2cccc(-n3cnnn3)c2)NC(=O)N(Cc2ccc3c(c2)OCO3)C1=O. The summed E-state index contributed by atoms with van der Waals surface area (Å²) in [6.45, 7) is 1.98. The van der Waals surface area contributed by atoms with Gasteiger partial charge in [0, 0.05) is 0 Å². The van der Waals surface area contributed by atoms with Crippen LogP contribution in [0.4, 0.5) is 4.79 Å². The number of nitrogens with one attached hydrogen (secondary N) is 1. The molecule has 1 fully saturated rings. The molecule has 0 spiro atoms. The van der Waals surface area contributed by atoms with Crippen LogP contribution in [-0.2, 0) is 16.9 Å². The standard InChI is InChI=1S/C19H16N6O4/c1-19(13-3-2-4-14(8-13)25-10-20-22-23-25)17(26)24(18(27)21-19)9-12-5-6-15-16(7-12)29-11-28-15/h2-8,10H,9,11H2,1H3,(H,21,27)/t19-/m1/s1. The summed E-state index contributed by atoms with van der Waals surface area (Å²) in [5, 5.41) is 13.9. The van der Waals surface area contributed by atoms with Crippen LogP contribution in [0.3, 0.4) is 0 Å². The lowest BCUT2D eigenvalue weighted by Gasteiger charge is -2.23. The van der Waals surface area contributed by atoms with Gasteiger partial charge >= 0.3 is 6.03 Å². The Morgan fingerprint density at radius 3 is 2.83 bits per heavy atom. The first-order chi connectivity index (χ1) is 14.0. The van der Waals surface area contributed by atoms with Gasteiger partial charge in [-0.05, 0) is 52.7 Å². The molecule has 10 heteroatoms. The molecule has 3 amide bonds. The van der Waals surface area contributed by atoms with Gasteiger partial charge in [0.2, 0.25) is 6.79 Å². The van der Waals surface area contributed by atoms with Crippen LogP contribution in [0.15, 0.2) is 48.8 Å². The summed E-state index contributed by atoms with van der Waals surface area (Å²) in [5.74, 6) is 0.913. The molecule has 3 aromatic rings. The number of hydrogen-bond donors (Lipinski definition) is 1. The smallest absolute Gasteiger partial charge is 0.325 e. The topological polar surface area (TPSA) is 111 Å². The molecule has 2 aliphatic heterocycles. The van der Waals surface area contributed by atoms with Crippen LogP contribution in [0.1, 0.15) is 18.1 Å². The first-order valence-corrected chi connectivity index (χ1v) is 8.91. The van der Waals surface area contributed by atoms with E-state index in [1.165, 1.54) is 15.9 Å². The summed E-state index contributed by atoms with van der Waals surface area (Å²) in [7, 11) is 0. The predicted octanol–water partition coefficient (Wildman–Crippen LogP) is 1.36. The van der Waals surface area contributed by atoms with Crippen molar-refractivity contribution in [2.24, 2.45) is 0 Å². The predicted molar refractivity (Wildman–Crippen MR) is 98.2 cm³/mol. The number of urea groups is 1. The molecule has 3 heterocycles. The second-order valence-electron chi connectivity index (χ2n) is 6.94. The number of benzene rings is 2. The Bertz CT molecular complexity index is 1120. The van der Waals surface area contributed by atoms with Gasteiger partial charge in [-0.25, -0.2) is 9.48 Å². The van der Waals surface area contributed by atoms with Crippen LogP contribution < -0.4 is 14.8 Å². The highest BCUT2D eigenvalue weighted by Crippen LogP contribution is 2.34. The Morgan fingerprint density at radius 1 is 1.14 bits per heavy atom. The monoisotopic (exact) mass is 392 g/mol. The quantitative estimate of drug-likeness (QED) is 0.667. The molecule has 2 aliphatic rings. The highest BCUT2D eigenvalue weighted by Gasteiger charge is 2.49. The van der Waals surface area contributed by atoms with E-state index in [1.54, 1.807) is 37.3 Å². The van der Waals surface area contributed by atoms with Crippen LogP contribution in [0.25, 0.3) is 5.69 Å². The minimum absolute atomic E-state index is 0.129. The molecule has 29 heavy (non-hydrogen) atoms. The molecule has 1 aromatic heterocycles. The molecule has 1 atom stereocenters. The van der Waals surface area contributed by atoms with Crippen molar-refractivity contribution in [3.63, 3.8) is 0 Å². The number of ether oxygens (including phenoxy) is 2. The third kappa shape index (κ3) is 2.76. The zero-order valence-corrected chi connectivity index (χ0v) is 15.4. The van der Waals surface area contributed by atoms with E-state index in [2.05, 4.69) is 20.8 Å². The minimum Gasteiger partial charge on any atom is -0.454 e. The average molecular weight is 392 g/mol. The van der Waals surface area contributed by atoms with Gasteiger partial charge in [-0.3, -0.25) is 9.69 Å². The third-order valence-corrected chi connectivity index (χ3v) is 5.09. The van der Waals surface area contributed by atoms with Gasteiger partial charge in [0.05, 0.1) is 12.2 Å². The van der Waals surface area contributed by atoms with Crippen molar-refractivity contribution in [3.05, 3.63) is 59.9 Å². The first kappa shape index (κ1) is 17.2. The lowest BCUT2D eigenvalue weighted by atomic mass is 9.91. The van der Waals surface area contributed by atoms with Gasteiger partial charge in [-0.15, -0.1) is 5.10 Å². The largest absolute Gasteiger partial charge is 0.454 e. The molecular formula is C19H16N6O4. The van der Waals surface area contributed by atoms with E-state index in [0.717, 1.165) is 5.56 Å². The van der Waals surface area contributed by atoms with Crippen molar-refractivity contribution in [1.29, 1.82) is 0 Å². The molecule has 1 N–H and O–H groups in total. The van der Waals surface area contributed by atoms with Gasteiger partial charge in [0.25, 0.3) is 5.91 Å². The van der Waals surface area contributed by atoms with Gasteiger partial charge < -0.3 is 14.8 Å². The number of fused-ring (bicyclic) bond motifs is 1. The zero-order chi connectivity index (χ0) is 20.0. The molecule has 2 aromatic carbocycles. The van der Waals surface area contributed by atoms with Crippen molar-refractivity contribution in [2.75, 3.05) is 6.79 Å². The number of amides is 3. The lowest BCUT2D eigenvalue weighted by Crippen LogP contribution is -2.40. The Balaban J connectivity index is 1.43. The van der Waals surface area contributed by atoms with Crippen LogP contribution in [0.5, 0.6) is 11.5 Å². The Kier molecular flexibility index (Phi) is 3.73. The number of imide groups is 1. The third-order valence-electron chi connectivity index (χ3n) is 5.09. The first-order valence-electron chi connectivity index (χ1n) is 8.91. The van der Waals surface area contributed by atoms with E-state index < -0.39 is 11.6 Å². The van der Waals surface area contributed by atoms with E-state index in [4.69, 9.17) is 9.47 Å². The molecular weight excluding hydrogens is 376 g/mol. The number of tetrazole rings is 1. The van der Waals surface area contributed by atoms with E-state index in [9.17, 15) is 9.59 Å². The summed E-state index contributed by atoms with van der Waals surface area (Å²) in [6.07, 6.45) is 1.46. The average Bonchev–Trinajstić information content (AvgIpc) is 3.46. The normalized spacial score (nSPS) is 20.2. The summed E-state index contributed by atoms with van der Waals surface area (Å²) < 4.78 is 12.2. The summed E-state index contributed by atoms with van der Waals surface area (Å²) in [6, 6.07) is 12.1. The Hall–Kier alpha value is -3.95. The molecule has 0 radical (unpaired) electrons. The number of nitrogens with zero attached hydrogens (tertiary/aromatic N) is 5. The molecule has 0 aliphatic carbocycles. The molecule has 1 saturated heterocycles. The fourth-order valence-corrected chi connectivity index (χ4v) is 3.50. The maximum Gasteiger partial charge on any atom is 0.325 e.